The first-order chi connectivity index (χ1) is 10.1. The van der Waals surface area contributed by atoms with E-state index in [1.54, 1.807) is 13.8 Å². The van der Waals surface area contributed by atoms with Gasteiger partial charge in [-0.1, -0.05) is 20.3 Å². The van der Waals surface area contributed by atoms with Gasteiger partial charge in [0.1, 0.15) is 20.1 Å². The number of rotatable bonds is 8. The number of aliphatic hydroxyl groups excluding tert-OH is 2. The molecule has 0 bridgehead atoms. The van der Waals surface area contributed by atoms with Crippen molar-refractivity contribution in [2.75, 3.05) is 0 Å². The maximum absolute atomic E-state index is 13.6. The fourth-order valence-electron chi connectivity index (χ4n) is 2.67. The third-order valence-electron chi connectivity index (χ3n) is 3.86. The average Bonchev–Trinajstić information content (AvgIpc) is 2.64. The van der Waals surface area contributed by atoms with E-state index < -0.39 is 43.4 Å². The van der Waals surface area contributed by atoms with Gasteiger partial charge in [-0.3, -0.25) is 4.57 Å². The molecule has 3 N–H and O–H groups in total. The van der Waals surface area contributed by atoms with Crippen LogP contribution in [0.4, 0.5) is 4.39 Å². The molecule has 0 saturated carbocycles. The second-order valence-corrected chi connectivity index (χ2v) is 7.93. The van der Waals surface area contributed by atoms with Crippen molar-refractivity contribution >= 4 is 15.4 Å². The van der Waals surface area contributed by atoms with Gasteiger partial charge in [0.25, 0.3) is 0 Å². The van der Waals surface area contributed by atoms with Gasteiger partial charge in [0.05, 0.1) is 17.7 Å². The van der Waals surface area contributed by atoms with Gasteiger partial charge < -0.3 is 24.4 Å². The molecule has 0 aromatic heterocycles. The first-order valence-electron chi connectivity index (χ1n) is 7.50. The first kappa shape index (κ1) is 20.1. The lowest BCUT2D eigenvalue weighted by Gasteiger charge is -2.35. The zero-order valence-electron chi connectivity index (χ0n) is 13.2. The normalized spacial score (nSPS) is 35.8. The Labute approximate surface area is 132 Å². The molecule has 6 nitrogen and oxygen atoms in total. The predicted octanol–water partition coefficient (Wildman–Crippen LogP) is 1.46. The van der Waals surface area contributed by atoms with Crippen molar-refractivity contribution in [2.45, 2.75) is 82.3 Å². The molecule has 1 aliphatic rings. The van der Waals surface area contributed by atoms with Gasteiger partial charge in [-0.2, -0.15) is 0 Å². The molecule has 128 valence electrons. The molecule has 3 unspecified atom stereocenters. The van der Waals surface area contributed by atoms with Crippen molar-refractivity contribution in [3.05, 3.63) is 0 Å². The standard InChI is InChI=1S/C13H25BFO6P/c1-4-6-13(3,21-22(18,19)9(16)5-2)7-8-11(17)10(15)12(14)20-8/h8-12,16-17H,4-7H2,1-3H3,(H,18,19)/t8-,9?,10-,11-,12-,13?/m1/s1. The summed E-state index contributed by atoms with van der Waals surface area (Å²) in [6, 6.07) is -1.23. The topological polar surface area (TPSA) is 96.2 Å². The number of hydrogen-bond acceptors (Lipinski definition) is 5. The third kappa shape index (κ3) is 4.76. The van der Waals surface area contributed by atoms with Crippen molar-refractivity contribution in [3.8, 4) is 0 Å². The monoisotopic (exact) mass is 338 g/mol. The summed E-state index contributed by atoms with van der Waals surface area (Å²) in [7, 11) is 1.16. The zero-order chi connectivity index (χ0) is 17.1. The smallest absolute Gasteiger partial charge is 0.356 e. The SMILES string of the molecule is [B][C@@H]1O[C@H](CC(C)(CCC)OP(=O)(O)C(O)CC)[C@@H](O)[C@H]1F. The quantitative estimate of drug-likeness (QED) is 0.458. The average molecular weight is 338 g/mol. The van der Waals surface area contributed by atoms with Crippen LogP contribution in [0.1, 0.15) is 46.5 Å². The highest BCUT2D eigenvalue weighted by Gasteiger charge is 2.46. The van der Waals surface area contributed by atoms with Gasteiger partial charge in [0, 0.05) is 6.42 Å². The summed E-state index contributed by atoms with van der Waals surface area (Å²) in [5.74, 6) is -1.49. The molecular formula is C13H25BFO6P. The second-order valence-electron chi connectivity index (χ2n) is 6.02. The van der Waals surface area contributed by atoms with E-state index in [2.05, 4.69) is 0 Å². The second kappa shape index (κ2) is 7.73. The summed E-state index contributed by atoms with van der Waals surface area (Å²) in [5.41, 5.74) is -1.15. The Morgan fingerprint density at radius 2 is 2.09 bits per heavy atom. The highest BCUT2D eigenvalue weighted by atomic mass is 31.2. The van der Waals surface area contributed by atoms with E-state index in [-0.39, 0.29) is 12.8 Å². The van der Waals surface area contributed by atoms with Crippen molar-refractivity contribution in [1.82, 2.24) is 0 Å². The number of hydrogen-bond donors (Lipinski definition) is 3. The molecule has 0 aromatic rings. The molecule has 1 saturated heterocycles. The Kier molecular flexibility index (Phi) is 7.05. The molecule has 7 atom stereocenters. The fourth-order valence-corrected chi connectivity index (χ4v) is 4.05. The maximum atomic E-state index is 13.6. The summed E-state index contributed by atoms with van der Waals surface area (Å²) < 4.78 is 36.1. The Balaban J connectivity index is 2.85. The summed E-state index contributed by atoms with van der Waals surface area (Å²) in [6.45, 7) is 5.00. The summed E-state index contributed by atoms with van der Waals surface area (Å²) in [4.78, 5) is 9.87. The van der Waals surface area contributed by atoms with Crippen LogP contribution in [-0.2, 0) is 13.8 Å². The van der Waals surface area contributed by atoms with E-state index >= 15 is 0 Å². The lowest BCUT2D eigenvalue weighted by atomic mass is 9.89. The maximum Gasteiger partial charge on any atom is 0.356 e. The van der Waals surface area contributed by atoms with Crippen LogP contribution in [-0.4, -0.2) is 58.8 Å². The largest absolute Gasteiger partial charge is 0.387 e. The minimum atomic E-state index is -4.25. The molecule has 9 heteroatoms. The Morgan fingerprint density at radius 3 is 2.50 bits per heavy atom. The number of alkyl halides is 1. The van der Waals surface area contributed by atoms with Gasteiger partial charge in [0.2, 0.25) is 0 Å². The Morgan fingerprint density at radius 1 is 1.50 bits per heavy atom. The van der Waals surface area contributed by atoms with E-state index in [4.69, 9.17) is 17.1 Å². The predicted molar refractivity (Wildman–Crippen MR) is 80.5 cm³/mol. The summed E-state index contributed by atoms with van der Waals surface area (Å²) in [5, 5.41) is 19.4. The lowest BCUT2D eigenvalue weighted by Crippen LogP contribution is -2.38. The summed E-state index contributed by atoms with van der Waals surface area (Å²) >= 11 is 0. The van der Waals surface area contributed by atoms with Gasteiger partial charge in [-0.05, 0) is 19.8 Å². The van der Waals surface area contributed by atoms with Gasteiger partial charge >= 0.3 is 7.60 Å². The van der Waals surface area contributed by atoms with Gasteiger partial charge in [0.15, 0.2) is 5.85 Å². The highest BCUT2D eigenvalue weighted by molar-refractivity contribution is 7.53. The first-order valence-corrected chi connectivity index (χ1v) is 9.15. The molecule has 0 amide bonds. The van der Waals surface area contributed by atoms with Crippen LogP contribution in [0.15, 0.2) is 0 Å². The van der Waals surface area contributed by atoms with E-state index in [1.807, 2.05) is 6.92 Å². The lowest BCUT2D eigenvalue weighted by molar-refractivity contribution is -0.0407. The minimum Gasteiger partial charge on any atom is -0.387 e. The van der Waals surface area contributed by atoms with Crippen LogP contribution in [0.3, 0.4) is 0 Å². The molecule has 2 radical (unpaired) electrons. The van der Waals surface area contributed by atoms with Crippen LogP contribution >= 0.6 is 7.60 Å². The van der Waals surface area contributed by atoms with Crippen molar-refractivity contribution in [1.29, 1.82) is 0 Å². The van der Waals surface area contributed by atoms with Gasteiger partial charge in [-0.25, -0.2) is 4.39 Å². The molecule has 1 heterocycles. The van der Waals surface area contributed by atoms with Crippen LogP contribution < -0.4 is 0 Å². The Bertz CT molecular complexity index is 414. The molecule has 0 aliphatic carbocycles. The van der Waals surface area contributed by atoms with E-state index in [1.165, 1.54) is 0 Å². The molecule has 1 aliphatic heterocycles. The van der Waals surface area contributed by atoms with Crippen molar-refractivity contribution in [2.24, 2.45) is 0 Å². The number of ether oxygens (including phenoxy) is 1. The minimum absolute atomic E-state index is 0.00287. The van der Waals surface area contributed by atoms with Crippen LogP contribution in [0.25, 0.3) is 0 Å². The van der Waals surface area contributed by atoms with E-state index in [0.717, 1.165) is 0 Å². The Hall–Kier alpha value is 0.0249. The molecule has 0 spiro atoms. The van der Waals surface area contributed by atoms with Crippen LogP contribution in [0, 0.1) is 0 Å². The van der Waals surface area contributed by atoms with Crippen molar-refractivity contribution in [3.63, 3.8) is 0 Å². The van der Waals surface area contributed by atoms with Crippen LogP contribution in [0.5, 0.6) is 0 Å². The molecule has 1 fully saturated rings. The molecule has 22 heavy (non-hydrogen) atoms. The fraction of sp³-hybridized carbons (Fsp3) is 1.00. The molecule has 1 rings (SSSR count). The van der Waals surface area contributed by atoms with Crippen molar-refractivity contribution < 1.29 is 33.3 Å². The van der Waals surface area contributed by atoms with E-state index in [9.17, 15) is 24.1 Å². The zero-order valence-corrected chi connectivity index (χ0v) is 14.1. The van der Waals surface area contributed by atoms with Crippen LogP contribution in [0.2, 0.25) is 0 Å². The molecular weight excluding hydrogens is 313 g/mol. The number of aliphatic hydroxyl groups is 2. The van der Waals surface area contributed by atoms with Gasteiger partial charge in [-0.15, -0.1) is 0 Å². The summed E-state index contributed by atoms with van der Waals surface area (Å²) in [6.07, 6.45) is -2.98. The molecule has 0 aromatic carbocycles. The number of halogens is 1. The highest BCUT2D eigenvalue weighted by Crippen LogP contribution is 2.53. The van der Waals surface area contributed by atoms with E-state index in [0.29, 0.717) is 12.8 Å². The third-order valence-corrected chi connectivity index (χ3v) is 5.68.